The molecule has 1 aromatic carbocycles. The van der Waals surface area contributed by atoms with E-state index in [9.17, 15) is 8.42 Å². The van der Waals surface area contributed by atoms with Gasteiger partial charge in [-0.1, -0.05) is 23.2 Å². The van der Waals surface area contributed by atoms with Crippen LogP contribution in [0, 0.1) is 0 Å². The normalized spacial score (nSPS) is 12.1. The van der Waals surface area contributed by atoms with E-state index in [1.165, 1.54) is 11.1 Å². The van der Waals surface area contributed by atoms with E-state index in [4.69, 9.17) is 23.2 Å². The van der Waals surface area contributed by atoms with E-state index in [-0.39, 0.29) is 9.92 Å². The van der Waals surface area contributed by atoms with Gasteiger partial charge >= 0.3 is 0 Å². The number of hydrazine groups is 1. The highest BCUT2D eigenvalue weighted by atomic mass is 35.5. The molecule has 0 atom stereocenters. The Morgan fingerprint density at radius 3 is 2.39 bits per heavy atom. The average Bonchev–Trinajstić information content (AvgIpc) is 2.21. The van der Waals surface area contributed by atoms with Crippen molar-refractivity contribution in [3.05, 3.63) is 27.7 Å². The molecule has 5 nitrogen and oxygen atoms in total. The summed E-state index contributed by atoms with van der Waals surface area (Å²) < 4.78 is 24.1. The molecule has 0 spiro atoms. The number of hydrogen-bond acceptors (Lipinski definition) is 4. The zero-order chi connectivity index (χ0) is 13.9. The van der Waals surface area contributed by atoms with Crippen molar-refractivity contribution in [3.63, 3.8) is 0 Å². The Kier molecular flexibility index (Phi) is 5.39. The van der Waals surface area contributed by atoms with Gasteiger partial charge in [0.2, 0.25) is 0 Å². The van der Waals surface area contributed by atoms with E-state index < -0.39 is 10.0 Å². The molecule has 0 unspecified atom stereocenters. The van der Waals surface area contributed by atoms with Crippen LogP contribution in [-0.2, 0) is 16.6 Å². The van der Waals surface area contributed by atoms with Crippen LogP contribution in [0.3, 0.4) is 0 Å². The van der Waals surface area contributed by atoms with Crippen LogP contribution in [0.1, 0.15) is 5.56 Å². The summed E-state index contributed by atoms with van der Waals surface area (Å²) in [7, 11) is 1.17. The summed E-state index contributed by atoms with van der Waals surface area (Å²) in [5.41, 5.74) is 0.630. The van der Waals surface area contributed by atoms with Gasteiger partial charge in [0.05, 0.1) is 5.02 Å². The number of rotatable bonds is 5. The quantitative estimate of drug-likeness (QED) is 0.808. The maximum Gasteiger partial charge on any atom is 0.254 e. The van der Waals surface area contributed by atoms with Crippen LogP contribution in [-0.4, -0.2) is 34.6 Å². The number of sulfonamides is 1. The zero-order valence-corrected chi connectivity index (χ0v) is 12.6. The topological polar surface area (TPSA) is 61.4 Å². The van der Waals surface area contributed by atoms with Crippen LogP contribution >= 0.6 is 23.2 Å². The Balaban J connectivity index is 3.32. The third-order valence-corrected chi connectivity index (χ3v) is 4.32. The lowest BCUT2D eigenvalue weighted by Gasteiger charge is -2.15. The predicted molar refractivity (Wildman–Crippen MR) is 73.2 cm³/mol. The van der Waals surface area contributed by atoms with Gasteiger partial charge in [0.25, 0.3) is 10.0 Å². The minimum absolute atomic E-state index is 0.0318. The maximum atomic E-state index is 12.1. The molecule has 8 heteroatoms. The highest BCUT2D eigenvalue weighted by Gasteiger charge is 2.21. The lowest BCUT2D eigenvalue weighted by molar-refractivity contribution is 0.364. The van der Waals surface area contributed by atoms with Crippen molar-refractivity contribution in [2.45, 2.75) is 11.4 Å². The summed E-state index contributed by atoms with van der Waals surface area (Å²) in [5.74, 6) is 0. The number of halogens is 2. The maximum absolute atomic E-state index is 12.1. The van der Waals surface area contributed by atoms with E-state index in [1.807, 2.05) is 0 Å². The molecule has 0 saturated heterocycles. The van der Waals surface area contributed by atoms with Crippen molar-refractivity contribution in [2.75, 3.05) is 21.1 Å². The number of benzene rings is 1. The first-order valence-corrected chi connectivity index (χ1v) is 7.34. The fourth-order valence-corrected chi connectivity index (χ4v) is 3.44. The molecule has 0 fully saturated rings. The summed E-state index contributed by atoms with van der Waals surface area (Å²) in [5, 5.41) is 4.72. The highest BCUT2D eigenvalue weighted by Crippen LogP contribution is 2.29. The van der Waals surface area contributed by atoms with Gasteiger partial charge in [0.15, 0.2) is 0 Å². The van der Waals surface area contributed by atoms with E-state index in [0.29, 0.717) is 17.1 Å². The van der Waals surface area contributed by atoms with Crippen LogP contribution in [0.25, 0.3) is 0 Å². The van der Waals surface area contributed by atoms with E-state index >= 15 is 0 Å². The second kappa shape index (κ2) is 6.18. The van der Waals surface area contributed by atoms with Crippen LogP contribution in [0.4, 0.5) is 0 Å². The van der Waals surface area contributed by atoms with Crippen molar-refractivity contribution in [1.82, 2.24) is 15.2 Å². The largest absolute Gasteiger partial charge is 0.316 e. The van der Waals surface area contributed by atoms with Gasteiger partial charge in [-0.3, -0.25) is 0 Å². The van der Waals surface area contributed by atoms with Gasteiger partial charge in [-0.15, -0.1) is 4.83 Å². The molecular formula is C10H15Cl2N3O2S. The lowest BCUT2D eigenvalue weighted by Crippen LogP contribution is -2.36. The van der Waals surface area contributed by atoms with Crippen LogP contribution in [0.5, 0.6) is 0 Å². The smallest absolute Gasteiger partial charge is 0.254 e. The van der Waals surface area contributed by atoms with Gasteiger partial charge in [0.1, 0.15) is 4.90 Å². The molecule has 1 rings (SSSR count). The molecule has 0 saturated carbocycles. The van der Waals surface area contributed by atoms with Crippen molar-refractivity contribution in [3.8, 4) is 0 Å². The first-order valence-electron chi connectivity index (χ1n) is 5.10. The molecule has 2 N–H and O–H groups in total. The zero-order valence-electron chi connectivity index (χ0n) is 10.3. The second-order valence-corrected chi connectivity index (χ2v) is 6.34. The average molecular weight is 312 g/mol. The van der Waals surface area contributed by atoms with Gasteiger partial charge in [-0.25, -0.2) is 13.4 Å². The Morgan fingerprint density at radius 1 is 1.28 bits per heavy atom. The van der Waals surface area contributed by atoms with Gasteiger partial charge in [-0.05, 0) is 24.7 Å². The number of nitrogens with zero attached hydrogens (tertiary/aromatic N) is 1. The van der Waals surface area contributed by atoms with E-state index in [1.54, 1.807) is 27.2 Å². The molecule has 0 aliphatic rings. The van der Waals surface area contributed by atoms with Crippen LogP contribution in [0.15, 0.2) is 17.0 Å². The molecular weight excluding hydrogens is 297 g/mol. The fraction of sp³-hybridized carbons (Fsp3) is 0.400. The summed E-state index contributed by atoms with van der Waals surface area (Å²) >= 11 is 12.0. The Hall–Kier alpha value is -0.370. The Morgan fingerprint density at radius 2 is 1.89 bits per heavy atom. The van der Waals surface area contributed by atoms with E-state index in [2.05, 4.69) is 10.1 Å². The lowest BCUT2D eigenvalue weighted by atomic mass is 10.2. The summed E-state index contributed by atoms with van der Waals surface area (Å²) in [6.07, 6.45) is 0. The number of hydrogen-bond donors (Lipinski definition) is 2. The molecule has 0 aliphatic heterocycles. The molecule has 1 aromatic rings. The van der Waals surface area contributed by atoms with E-state index in [0.717, 1.165) is 0 Å². The van der Waals surface area contributed by atoms with Crippen LogP contribution in [0.2, 0.25) is 10.0 Å². The van der Waals surface area contributed by atoms with Crippen molar-refractivity contribution in [1.29, 1.82) is 0 Å². The molecule has 18 heavy (non-hydrogen) atoms. The van der Waals surface area contributed by atoms with Crippen molar-refractivity contribution < 1.29 is 8.42 Å². The van der Waals surface area contributed by atoms with Gasteiger partial charge in [-0.2, -0.15) is 0 Å². The Bertz CT molecular complexity index is 532. The fourth-order valence-electron chi connectivity index (χ4n) is 1.42. The summed E-state index contributed by atoms with van der Waals surface area (Å²) in [6.45, 7) is 0.434. The summed E-state index contributed by atoms with van der Waals surface area (Å²) in [4.78, 5) is 2.28. The third kappa shape index (κ3) is 3.81. The SMILES string of the molecule is CNCc1cc(Cl)cc(S(=O)(=O)NN(C)C)c1Cl. The molecule has 0 bridgehead atoms. The monoisotopic (exact) mass is 311 g/mol. The minimum Gasteiger partial charge on any atom is -0.316 e. The van der Waals surface area contributed by atoms with Gasteiger partial charge in [0, 0.05) is 25.7 Å². The minimum atomic E-state index is -3.72. The standard InChI is InChI=1S/C10H15Cl2N3O2S/c1-13-6-7-4-8(11)5-9(10(7)12)18(16,17)14-15(2)3/h4-5,13-14H,6H2,1-3H3. The van der Waals surface area contributed by atoms with Crippen molar-refractivity contribution in [2.24, 2.45) is 0 Å². The first-order chi connectivity index (χ1) is 8.27. The molecule has 0 amide bonds. The molecule has 0 radical (unpaired) electrons. The van der Waals surface area contributed by atoms with Crippen LogP contribution < -0.4 is 10.1 Å². The Labute approximate surface area is 117 Å². The second-order valence-electron chi connectivity index (χ2n) is 3.90. The first kappa shape index (κ1) is 15.7. The predicted octanol–water partition coefficient (Wildman–Crippen LogP) is 1.47. The summed E-state index contributed by atoms with van der Waals surface area (Å²) in [6, 6.07) is 2.96. The molecule has 0 heterocycles. The number of nitrogens with one attached hydrogen (secondary N) is 2. The van der Waals surface area contributed by atoms with Crippen molar-refractivity contribution >= 4 is 33.2 Å². The molecule has 0 aliphatic carbocycles. The third-order valence-electron chi connectivity index (χ3n) is 2.04. The highest BCUT2D eigenvalue weighted by molar-refractivity contribution is 7.89. The molecule has 0 aromatic heterocycles. The molecule has 102 valence electrons. The van der Waals surface area contributed by atoms with Gasteiger partial charge < -0.3 is 5.32 Å².